The van der Waals surface area contributed by atoms with Crippen LogP contribution in [-0.2, 0) is 4.79 Å². The number of hydrogen-bond acceptors (Lipinski definition) is 2. The molecule has 1 amide bonds. The maximum absolute atomic E-state index is 11.8. The van der Waals surface area contributed by atoms with E-state index in [0.717, 1.165) is 4.90 Å². The average molecular weight is 211 g/mol. The molecule has 0 aromatic heterocycles. The Balaban J connectivity index is 2.38. The van der Waals surface area contributed by atoms with E-state index < -0.39 is 24.6 Å². The van der Waals surface area contributed by atoms with E-state index in [-0.39, 0.29) is 13.1 Å². The van der Waals surface area contributed by atoms with Gasteiger partial charge in [-0.05, 0) is 12.8 Å². The highest BCUT2D eigenvalue weighted by Gasteiger charge is 2.34. The molecule has 0 spiro atoms. The first-order valence-electron chi connectivity index (χ1n) is 4.41. The molecule has 0 aromatic rings. The minimum atomic E-state index is -4.44. The van der Waals surface area contributed by atoms with Crippen molar-refractivity contribution in [2.75, 3.05) is 13.1 Å². The minimum absolute atomic E-state index is 0.218. The molecule has 0 unspecified atom stereocenters. The second-order valence-electron chi connectivity index (χ2n) is 3.40. The van der Waals surface area contributed by atoms with Crippen LogP contribution in [0.4, 0.5) is 13.2 Å². The second-order valence-corrected chi connectivity index (χ2v) is 3.40. The average Bonchev–Trinajstić information content (AvgIpc) is 2.02. The van der Waals surface area contributed by atoms with Crippen molar-refractivity contribution in [1.29, 1.82) is 0 Å². The van der Waals surface area contributed by atoms with E-state index in [1.54, 1.807) is 0 Å². The minimum Gasteiger partial charge on any atom is -0.393 e. The third-order valence-corrected chi connectivity index (χ3v) is 2.17. The van der Waals surface area contributed by atoms with Gasteiger partial charge in [-0.3, -0.25) is 4.79 Å². The normalized spacial score (nSPS) is 19.9. The van der Waals surface area contributed by atoms with E-state index in [1.807, 2.05) is 0 Å². The zero-order valence-electron chi connectivity index (χ0n) is 7.55. The Labute approximate surface area is 79.5 Å². The Hall–Kier alpha value is -0.780. The SMILES string of the molecule is O=C(CC(F)(F)F)N1CCC(O)CC1. The van der Waals surface area contributed by atoms with E-state index in [0.29, 0.717) is 12.8 Å². The fourth-order valence-corrected chi connectivity index (χ4v) is 1.40. The molecule has 1 aliphatic heterocycles. The first kappa shape index (κ1) is 11.3. The van der Waals surface area contributed by atoms with Crippen LogP contribution in [0.1, 0.15) is 19.3 Å². The molecule has 1 saturated heterocycles. The van der Waals surface area contributed by atoms with Crippen LogP contribution >= 0.6 is 0 Å². The summed E-state index contributed by atoms with van der Waals surface area (Å²) in [5, 5.41) is 9.08. The van der Waals surface area contributed by atoms with Crippen molar-refractivity contribution in [2.24, 2.45) is 0 Å². The number of amides is 1. The number of carbonyl (C=O) groups is 1. The van der Waals surface area contributed by atoms with Crippen molar-refractivity contribution in [3.8, 4) is 0 Å². The number of hydrogen-bond donors (Lipinski definition) is 1. The van der Waals surface area contributed by atoms with Crippen molar-refractivity contribution in [2.45, 2.75) is 31.5 Å². The molecule has 0 radical (unpaired) electrons. The molecule has 0 atom stereocenters. The Kier molecular flexibility index (Phi) is 3.36. The molecule has 1 heterocycles. The maximum Gasteiger partial charge on any atom is 0.397 e. The number of piperidine rings is 1. The molecule has 3 nitrogen and oxygen atoms in total. The number of aliphatic hydroxyl groups is 1. The molecule has 0 aromatic carbocycles. The molecular weight excluding hydrogens is 199 g/mol. The number of rotatable bonds is 1. The summed E-state index contributed by atoms with van der Waals surface area (Å²) in [5.74, 6) is -0.899. The summed E-state index contributed by atoms with van der Waals surface area (Å²) in [4.78, 5) is 12.2. The molecule has 6 heteroatoms. The molecule has 82 valence electrons. The highest BCUT2D eigenvalue weighted by Crippen LogP contribution is 2.22. The van der Waals surface area contributed by atoms with Gasteiger partial charge in [0.15, 0.2) is 0 Å². The number of aliphatic hydroxyl groups excluding tert-OH is 1. The Morgan fingerprint density at radius 1 is 1.36 bits per heavy atom. The van der Waals surface area contributed by atoms with Gasteiger partial charge in [0, 0.05) is 13.1 Å². The van der Waals surface area contributed by atoms with E-state index >= 15 is 0 Å². The lowest BCUT2D eigenvalue weighted by atomic mass is 10.1. The fraction of sp³-hybridized carbons (Fsp3) is 0.875. The molecule has 0 bridgehead atoms. The molecule has 0 saturated carbocycles. The molecule has 1 aliphatic rings. The lowest BCUT2D eigenvalue weighted by molar-refractivity contribution is -0.162. The van der Waals surface area contributed by atoms with Crippen LogP contribution in [0, 0.1) is 0 Å². The molecule has 1 rings (SSSR count). The summed E-state index contributed by atoms with van der Waals surface area (Å²) >= 11 is 0. The van der Waals surface area contributed by atoms with Crippen LogP contribution in [0.5, 0.6) is 0 Å². The standard InChI is InChI=1S/C8H12F3NO2/c9-8(10,11)5-7(14)12-3-1-6(13)2-4-12/h6,13H,1-5H2. The zero-order chi connectivity index (χ0) is 10.8. The Morgan fingerprint density at radius 3 is 2.29 bits per heavy atom. The van der Waals surface area contributed by atoms with Crippen LogP contribution in [0.3, 0.4) is 0 Å². The van der Waals surface area contributed by atoms with E-state index in [4.69, 9.17) is 5.11 Å². The van der Waals surface area contributed by atoms with E-state index in [9.17, 15) is 18.0 Å². The van der Waals surface area contributed by atoms with Gasteiger partial charge in [-0.1, -0.05) is 0 Å². The predicted molar refractivity (Wildman–Crippen MR) is 42.5 cm³/mol. The quantitative estimate of drug-likeness (QED) is 0.700. The van der Waals surface area contributed by atoms with E-state index in [1.165, 1.54) is 0 Å². The summed E-state index contributed by atoms with van der Waals surface area (Å²) in [6.45, 7) is 0.437. The zero-order valence-corrected chi connectivity index (χ0v) is 7.55. The van der Waals surface area contributed by atoms with Gasteiger partial charge in [-0.2, -0.15) is 13.2 Å². The maximum atomic E-state index is 11.8. The van der Waals surface area contributed by atoms with Gasteiger partial charge in [0.05, 0.1) is 6.10 Å². The second kappa shape index (κ2) is 4.16. The number of likely N-dealkylation sites (tertiary alicyclic amines) is 1. The van der Waals surface area contributed by atoms with Gasteiger partial charge in [0.25, 0.3) is 0 Å². The summed E-state index contributed by atoms with van der Waals surface area (Å²) in [5.41, 5.74) is 0. The summed E-state index contributed by atoms with van der Waals surface area (Å²) in [6, 6.07) is 0. The summed E-state index contributed by atoms with van der Waals surface area (Å²) in [7, 11) is 0. The Morgan fingerprint density at radius 2 is 1.86 bits per heavy atom. The first-order chi connectivity index (χ1) is 6.38. The van der Waals surface area contributed by atoms with Crippen molar-refractivity contribution in [3.05, 3.63) is 0 Å². The Bertz CT molecular complexity index is 209. The van der Waals surface area contributed by atoms with Crippen molar-refractivity contribution in [1.82, 2.24) is 4.90 Å². The topological polar surface area (TPSA) is 40.5 Å². The summed E-state index contributed by atoms with van der Waals surface area (Å²) < 4.78 is 35.5. The van der Waals surface area contributed by atoms with Gasteiger partial charge < -0.3 is 10.0 Å². The largest absolute Gasteiger partial charge is 0.397 e. The summed E-state index contributed by atoms with van der Waals surface area (Å²) in [6.07, 6.45) is -5.59. The van der Waals surface area contributed by atoms with E-state index in [2.05, 4.69) is 0 Å². The lowest BCUT2D eigenvalue weighted by Gasteiger charge is -2.29. The number of carbonyl (C=O) groups excluding carboxylic acids is 1. The first-order valence-corrected chi connectivity index (χ1v) is 4.41. The monoisotopic (exact) mass is 211 g/mol. The highest BCUT2D eigenvalue weighted by molar-refractivity contribution is 5.76. The highest BCUT2D eigenvalue weighted by atomic mass is 19.4. The third kappa shape index (κ3) is 3.53. The molecule has 0 aliphatic carbocycles. The van der Waals surface area contributed by atoms with Gasteiger partial charge in [0.2, 0.25) is 5.91 Å². The smallest absolute Gasteiger partial charge is 0.393 e. The number of nitrogens with zero attached hydrogens (tertiary/aromatic N) is 1. The van der Waals surface area contributed by atoms with Crippen molar-refractivity contribution in [3.63, 3.8) is 0 Å². The van der Waals surface area contributed by atoms with Gasteiger partial charge in [-0.15, -0.1) is 0 Å². The van der Waals surface area contributed by atoms with Crippen LogP contribution in [0.15, 0.2) is 0 Å². The van der Waals surface area contributed by atoms with Gasteiger partial charge >= 0.3 is 6.18 Å². The molecule has 1 N–H and O–H groups in total. The van der Waals surface area contributed by atoms with Crippen molar-refractivity contribution < 1.29 is 23.1 Å². The predicted octanol–water partition coefficient (Wildman–Crippen LogP) is 0.922. The lowest BCUT2D eigenvalue weighted by Crippen LogP contribution is -2.41. The van der Waals surface area contributed by atoms with Crippen molar-refractivity contribution >= 4 is 5.91 Å². The third-order valence-electron chi connectivity index (χ3n) is 2.17. The van der Waals surface area contributed by atoms with Gasteiger partial charge in [0.1, 0.15) is 6.42 Å². The molecule has 1 fully saturated rings. The molecule has 14 heavy (non-hydrogen) atoms. The number of alkyl halides is 3. The van der Waals surface area contributed by atoms with Gasteiger partial charge in [-0.25, -0.2) is 0 Å². The molecular formula is C8H12F3NO2. The van der Waals surface area contributed by atoms with Crippen LogP contribution < -0.4 is 0 Å². The fourth-order valence-electron chi connectivity index (χ4n) is 1.40. The number of halogens is 3. The van der Waals surface area contributed by atoms with Crippen LogP contribution in [0.2, 0.25) is 0 Å². The van der Waals surface area contributed by atoms with Crippen LogP contribution in [-0.4, -0.2) is 41.3 Å². The van der Waals surface area contributed by atoms with Crippen LogP contribution in [0.25, 0.3) is 0 Å².